The fourth-order valence-electron chi connectivity index (χ4n) is 4.29. The summed E-state index contributed by atoms with van der Waals surface area (Å²) in [6.45, 7) is 2.22. The van der Waals surface area contributed by atoms with Crippen molar-refractivity contribution in [2.75, 3.05) is 26.0 Å². The van der Waals surface area contributed by atoms with E-state index in [1.807, 2.05) is 19.2 Å². The molecule has 1 saturated heterocycles. The SMILES string of the molecule is CNCc1nc(-c2cnc(N)c3c(F)c(-c4cccnc4)ccc23)sc1C1CCOCC1. The lowest BCUT2D eigenvalue weighted by Gasteiger charge is -2.21. The smallest absolute Gasteiger partial charge is 0.142 e. The molecule has 5 rings (SSSR count). The minimum atomic E-state index is -0.390. The predicted octanol–water partition coefficient (Wildman–Crippen LogP) is 4.76. The van der Waals surface area contributed by atoms with Crippen LogP contribution in [0.2, 0.25) is 0 Å². The van der Waals surface area contributed by atoms with Crippen molar-refractivity contribution in [2.45, 2.75) is 25.3 Å². The summed E-state index contributed by atoms with van der Waals surface area (Å²) in [6, 6.07) is 7.30. The number of benzene rings is 1. The molecule has 4 aromatic rings. The molecule has 8 heteroatoms. The van der Waals surface area contributed by atoms with Crippen molar-refractivity contribution in [1.82, 2.24) is 20.3 Å². The predicted molar refractivity (Wildman–Crippen MR) is 126 cm³/mol. The van der Waals surface area contributed by atoms with Crippen LogP contribution in [0.1, 0.15) is 29.3 Å². The number of hydrogen-bond donors (Lipinski definition) is 2. The Morgan fingerprint density at radius 3 is 2.78 bits per heavy atom. The molecule has 1 aliphatic heterocycles. The van der Waals surface area contributed by atoms with Gasteiger partial charge in [-0.25, -0.2) is 14.4 Å². The zero-order chi connectivity index (χ0) is 22.1. The number of nitrogens with one attached hydrogen (secondary N) is 1. The number of thiazole rings is 1. The van der Waals surface area contributed by atoms with E-state index < -0.39 is 0 Å². The summed E-state index contributed by atoms with van der Waals surface area (Å²) in [5, 5.41) is 5.09. The van der Waals surface area contributed by atoms with Gasteiger partial charge in [0.05, 0.1) is 11.1 Å². The lowest BCUT2D eigenvalue weighted by Crippen LogP contribution is -2.16. The summed E-state index contributed by atoms with van der Waals surface area (Å²) in [4.78, 5) is 14.6. The quantitative estimate of drug-likeness (QED) is 0.457. The van der Waals surface area contributed by atoms with Crippen molar-refractivity contribution in [1.29, 1.82) is 0 Å². The first kappa shape index (κ1) is 20.9. The highest BCUT2D eigenvalue weighted by Gasteiger charge is 2.24. The molecule has 0 saturated carbocycles. The van der Waals surface area contributed by atoms with Crippen LogP contribution < -0.4 is 11.1 Å². The molecule has 6 nitrogen and oxygen atoms in total. The van der Waals surface area contributed by atoms with E-state index in [-0.39, 0.29) is 11.6 Å². The number of aromatic nitrogens is 3. The standard InChI is InChI=1S/C24H24FN5OS/c1-27-13-19-22(14-6-9-31-10-7-14)32-24(30-19)18-12-29-23(26)20-17(18)5-4-16(21(20)25)15-3-2-8-28-11-15/h2-5,8,11-12,14,27H,6-7,9-10,13H2,1H3,(H2,26,29). The van der Waals surface area contributed by atoms with Crippen LogP contribution in [0, 0.1) is 5.82 Å². The van der Waals surface area contributed by atoms with Crippen LogP contribution in [0.25, 0.3) is 32.5 Å². The molecular formula is C24H24FN5OS. The summed E-state index contributed by atoms with van der Waals surface area (Å²) in [5.41, 5.74) is 9.13. The van der Waals surface area contributed by atoms with Gasteiger partial charge in [0.15, 0.2) is 0 Å². The highest BCUT2D eigenvalue weighted by atomic mass is 32.1. The van der Waals surface area contributed by atoms with Gasteiger partial charge in [-0.15, -0.1) is 11.3 Å². The van der Waals surface area contributed by atoms with Crippen molar-refractivity contribution in [2.24, 2.45) is 0 Å². The van der Waals surface area contributed by atoms with Gasteiger partial charge in [0.1, 0.15) is 16.6 Å². The number of ether oxygens (including phenoxy) is 1. The fourth-order valence-corrected chi connectivity index (χ4v) is 5.56. The molecule has 0 atom stereocenters. The van der Waals surface area contributed by atoms with Gasteiger partial charge in [-0.1, -0.05) is 18.2 Å². The summed E-state index contributed by atoms with van der Waals surface area (Å²) < 4.78 is 21.2. The maximum absolute atomic E-state index is 15.6. The van der Waals surface area contributed by atoms with Crippen LogP contribution in [0.5, 0.6) is 0 Å². The molecule has 0 unspecified atom stereocenters. The lowest BCUT2D eigenvalue weighted by atomic mass is 9.97. The maximum atomic E-state index is 15.6. The molecule has 0 amide bonds. The van der Waals surface area contributed by atoms with Crippen molar-refractivity contribution < 1.29 is 9.13 Å². The molecule has 0 radical (unpaired) electrons. The highest BCUT2D eigenvalue weighted by molar-refractivity contribution is 7.15. The van der Waals surface area contributed by atoms with E-state index >= 15 is 4.39 Å². The van der Waals surface area contributed by atoms with Gasteiger partial charge < -0.3 is 15.8 Å². The van der Waals surface area contributed by atoms with Crippen molar-refractivity contribution in [3.8, 4) is 21.7 Å². The number of hydrogen-bond acceptors (Lipinski definition) is 7. The zero-order valence-corrected chi connectivity index (χ0v) is 18.6. The Balaban J connectivity index is 1.65. The Labute approximate surface area is 189 Å². The molecule has 0 bridgehead atoms. The van der Waals surface area contributed by atoms with Crippen molar-refractivity contribution in [3.63, 3.8) is 0 Å². The molecule has 0 aliphatic carbocycles. The van der Waals surface area contributed by atoms with Crippen molar-refractivity contribution >= 4 is 27.9 Å². The first-order valence-electron chi connectivity index (χ1n) is 10.7. The second-order valence-electron chi connectivity index (χ2n) is 7.90. The molecule has 1 aliphatic rings. The van der Waals surface area contributed by atoms with Gasteiger partial charge in [0.2, 0.25) is 0 Å². The van der Waals surface area contributed by atoms with E-state index in [0.717, 1.165) is 42.3 Å². The van der Waals surface area contributed by atoms with Crippen LogP contribution in [-0.2, 0) is 11.3 Å². The number of rotatable bonds is 5. The summed E-state index contributed by atoms with van der Waals surface area (Å²) in [6.07, 6.45) is 6.99. The van der Waals surface area contributed by atoms with Crippen LogP contribution in [0.3, 0.4) is 0 Å². The lowest BCUT2D eigenvalue weighted by molar-refractivity contribution is 0.0858. The van der Waals surface area contributed by atoms with Crippen LogP contribution >= 0.6 is 11.3 Å². The van der Waals surface area contributed by atoms with E-state index in [9.17, 15) is 0 Å². The second kappa shape index (κ2) is 8.90. The Bertz CT molecular complexity index is 1250. The first-order chi connectivity index (χ1) is 15.7. The van der Waals surface area contributed by atoms with Gasteiger partial charge in [-0.3, -0.25) is 4.98 Å². The molecule has 3 aromatic heterocycles. The van der Waals surface area contributed by atoms with E-state index in [0.29, 0.717) is 34.4 Å². The monoisotopic (exact) mass is 449 g/mol. The molecule has 0 spiro atoms. The third-order valence-corrected chi connectivity index (χ3v) is 7.18. The number of nitrogens with zero attached hydrogens (tertiary/aromatic N) is 3. The highest BCUT2D eigenvalue weighted by Crippen LogP contribution is 2.41. The second-order valence-corrected chi connectivity index (χ2v) is 8.93. The van der Waals surface area contributed by atoms with Crippen LogP contribution in [-0.4, -0.2) is 35.2 Å². The minimum absolute atomic E-state index is 0.170. The van der Waals surface area contributed by atoms with Gasteiger partial charge in [-0.05, 0) is 31.9 Å². The third kappa shape index (κ3) is 3.74. The molecule has 1 fully saturated rings. The maximum Gasteiger partial charge on any atom is 0.142 e. The number of anilines is 1. The normalized spacial score (nSPS) is 14.8. The van der Waals surface area contributed by atoms with Crippen LogP contribution in [0.4, 0.5) is 10.2 Å². The Morgan fingerprint density at radius 2 is 2.03 bits per heavy atom. The number of fused-ring (bicyclic) bond motifs is 1. The van der Waals surface area contributed by atoms with E-state index in [1.165, 1.54) is 4.88 Å². The third-order valence-electron chi connectivity index (χ3n) is 5.89. The van der Waals surface area contributed by atoms with Crippen molar-refractivity contribution in [3.05, 3.63) is 59.2 Å². The molecule has 4 heterocycles. The number of halogens is 1. The average molecular weight is 450 g/mol. The summed E-state index contributed by atoms with van der Waals surface area (Å²) in [7, 11) is 1.92. The first-order valence-corrected chi connectivity index (χ1v) is 11.5. The minimum Gasteiger partial charge on any atom is -0.383 e. The number of nitrogen functional groups attached to an aromatic ring is 1. The Hall–Kier alpha value is -2.94. The Kier molecular flexibility index (Phi) is 5.82. The molecule has 1 aromatic carbocycles. The summed E-state index contributed by atoms with van der Waals surface area (Å²) in [5.74, 6) is 0.211. The van der Waals surface area contributed by atoms with Gasteiger partial charge in [0, 0.05) is 65.3 Å². The van der Waals surface area contributed by atoms with Gasteiger partial charge in [-0.2, -0.15) is 0 Å². The fraction of sp³-hybridized carbons (Fsp3) is 0.292. The molecular weight excluding hydrogens is 425 g/mol. The zero-order valence-electron chi connectivity index (χ0n) is 17.8. The van der Waals surface area contributed by atoms with Gasteiger partial charge >= 0.3 is 0 Å². The molecule has 3 N–H and O–H groups in total. The molecule has 32 heavy (non-hydrogen) atoms. The number of nitrogens with two attached hydrogens (primary N) is 1. The molecule has 164 valence electrons. The van der Waals surface area contributed by atoms with E-state index in [2.05, 4.69) is 15.3 Å². The van der Waals surface area contributed by atoms with E-state index in [4.69, 9.17) is 15.5 Å². The Morgan fingerprint density at radius 1 is 1.19 bits per heavy atom. The van der Waals surface area contributed by atoms with Gasteiger partial charge in [0.25, 0.3) is 0 Å². The topological polar surface area (TPSA) is 86.0 Å². The van der Waals surface area contributed by atoms with Crippen LogP contribution in [0.15, 0.2) is 42.9 Å². The summed E-state index contributed by atoms with van der Waals surface area (Å²) >= 11 is 1.67. The largest absolute Gasteiger partial charge is 0.383 e. The average Bonchev–Trinajstić information content (AvgIpc) is 3.24. The van der Waals surface area contributed by atoms with E-state index in [1.54, 1.807) is 42.1 Å². The number of pyridine rings is 2.